The van der Waals surface area contributed by atoms with Gasteiger partial charge in [-0.15, -0.1) is 0 Å². The lowest BCUT2D eigenvalue weighted by Gasteiger charge is -2.13. The first-order chi connectivity index (χ1) is 6.74. The molecule has 0 saturated carbocycles. The van der Waals surface area contributed by atoms with Crippen molar-refractivity contribution in [3.8, 4) is 0 Å². The molecule has 0 aliphatic rings. The Labute approximate surface area is 87.7 Å². The lowest BCUT2D eigenvalue weighted by molar-refractivity contribution is 0.132. The molecule has 0 radical (unpaired) electrons. The third kappa shape index (κ3) is 7.42. The molecule has 1 atom stereocenters. The smallest absolute Gasteiger partial charge is 0.379 e. The maximum atomic E-state index is 5.78. The summed E-state index contributed by atoms with van der Waals surface area (Å²) in [6.07, 6.45) is 2.73. The van der Waals surface area contributed by atoms with Crippen LogP contribution in [0.3, 0.4) is 0 Å². The van der Waals surface area contributed by atoms with Crippen LogP contribution in [-0.4, -0.2) is 42.9 Å². The van der Waals surface area contributed by atoms with Gasteiger partial charge in [-0.25, -0.2) is 0 Å². The van der Waals surface area contributed by atoms with E-state index >= 15 is 0 Å². The minimum absolute atomic E-state index is 0.189. The van der Waals surface area contributed by atoms with Crippen molar-refractivity contribution in [1.82, 2.24) is 0 Å². The minimum atomic E-state index is -1.84. The van der Waals surface area contributed by atoms with E-state index in [1.807, 2.05) is 0 Å². The molecular formula is C8H22N2O3Si. The Morgan fingerprint density at radius 2 is 1.86 bits per heavy atom. The number of hydrogen-bond donors (Lipinski definition) is 2. The van der Waals surface area contributed by atoms with Crippen molar-refractivity contribution in [2.45, 2.75) is 25.3 Å². The summed E-state index contributed by atoms with van der Waals surface area (Å²) in [5.74, 6) is 0. The van der Waals surface area contributed by atoms with Crippen molar-refractivity contribution in [3.63, 3.8) is 0 Å². The zero-order chi connectivity index (χ0) is 10.8. The van der Waals surface area contributed by atoms with Crippen LogP contribution in [0.4, 0.5) is 0 Å². The SMILES string of the molecule is CO[SiH](OC)OCCCC(N)CCN. The molecule has 0 amide bonds. The van der Waals surface area contributed by atoms with Gasteiger partial charge < -0.3 is 24.7 Å². The Kier molecular flexibility index (Phi) is 9.58. The van der Waals surface area contributed by atoms with Crippen molar-refractivity contribution >= 4 is 9.53 Å². The normalized spacial score (nSPS) is 13.5. The average Bonchev–Trinajstić information content (AvgIpc) is 2.19. The Morgan fingerprint density at radius 1 is 1.21 bits per heavy atom. The molecule has 0 rings (SSSR count). The predicted molar refractivity (Wildman–Crippen MR) is 58.0 cm³/mol. The van der Waals surface area contributed by atoms with Gasteiger partial charge >= 0.3 is 9.53 Å². The molecule has 0 heterocycles. The summed E-state index contributed by atoms with van der Waals surface area (Å²) in [6, 6.07) is 0.189. The summed E-state index contributed by atoms with van der Waals surface area (Å²) in [5, 5.41) is 0. The van der Waals surface area contributed by atoms with Gasteiger partial charge in [-0.2, -0.15) is 0 Å². The largest absolute Gasteiger partial charge is 0.483 e. The molecule has 0 saturated heterocycles. The molecule has 0 spiro atoms. The van der Waals surface area contributed by atoms with E-state index in [4.69, 9.17) is 24.7 Å². The van der Waals surface area contributed by atoms with E-state index in [0.29, 0.717) is 13.2 Å². The van der Waals surface area contributed by atoms with Gasteiger partial charge in [0, 0.05) is 26.9 Å². The quantitative estimate of drug-likeness (QED) is 0.405. The van der Waals surface area contributed by atoms with E-state index in [1.165, 1.54) is 0 Å². The molecule has 0 fully saturated rings. The first kappa shape index (κ1) is 14.0. The van der Waals surface area contributed by atoms with Crippen LogP contribution in [0, 0.1) is 0 Å². The van der Waals surface area contributed by atoms with Gasteiger partial charge in [0.15, 0.2) is 0 Å². The second-order valence-corrected chi connectivity index (χ2v) is 4.96. The molecule has 1 unspecified atom stereocenters. The Morgan fingerprint density at radius 3 is 2.36 bits per heavy atom. The van der Waals surface area contributed by atoms with E-state index in [2.05, 4.69) is 0 Å². The van der Waals surface area contributed by atoms with Gasteiger partial charge in [-0.3, -0.25) is 0 Å². The first-order valence-corrected chi connectivity index (χ1v) is 6.28. The predicted octanol–water partition coefficient (Wildman–Crippen LogP) is -0.531. The first-order valence-electron chi connectivity index (χ1n) is 4.87. The summed E-state index contributed by atoms with van der Waals surface area (Å²) in [7, 11) is 1.36. The zero-order valence-corrected chi connectivity index (χ0v) is 10.2. The fourth-order valence-electron chi connectivity index (χ4n) is 1.12. The molecule has 0 aromatic heterocycles. The van der Waals surface area contributed by atoms with Crippen LogP contribution in [0.15, 0.2) is 0 Å². The highest BCUT2D eigenvalue weighted by Crippen LogP contribution is 1.99. The van der Waals surface area contributed by atoms with E-state index in [1.54, 1.807) is 14.2 Å². The highest BCUT2D eigenvalue weighted by molar-refractivity contribution is 6.36. The van der Waals surface area contributed by atoms with Crippen LogP contribution in [-0.2, 0) is 13.3 Å². The fourth-order valence-corrected chi connectivity index (χ4v) is 1.94. The molecule has 6 heteroatoms. The van der Waals surface area contributed by atoms with Gasteiger partial charge in [0.2, 0.25) is 0 Å². The maximum Gasteiger partial charge on any atom is 0.483 e. The summed E-state index contributed by atoms with van der Waals surface area (Å²) >= 11 is 0. The zero-order valence-electron chi connectivity index (χ0n) is 9.07. The molecule has 0 aromatic carbocycles. The second kappa shape index (κ2) is 9.57. The van der Waals surface area contributed by atoms with Crippen molar-refractivity contribution < 1.29 is 13.3 Å². The molecule has 14 heavy (non-hydrogen) atoms. The Balaban J connectivity index is 3.27. The molecule has 0 aliphatic heterocycles. The van der Waals surface area contributed by atoms with Crippen LogP contribution in [0.1, 0.15) is 19.3 Å². The van der Waals surface area contributed by atoms with Gasteiger partial charge in [0.25, 0.3) is 0 Å². The standard InChI is InChI=1S/C8H22N2O3Si/c1-11-14(12-2)13-7-3-4-8(10)5-6-9/h8,14H,3-7,9-10H2,1-2H3. The molecule has 0 aliphatic carbocycles. The Hall–Kier alpha value is 0.0169. The minimum Gasteiger partial charge on any atom is -0.379 e. The van der Waals surface area contributed by atoms with Crippen LogP contribution in [0.25, 0.3) is 0 Å². The number of rotatable bonds is 9. The van der Waals surface area contributed by atoms with Gasteiger partial charge in [-0.1, -0.05) is 0 Å². The summed E-state index contributed by atoms with van der Waals surface area (Å²) < 4.78 is 15.4. The Bertz CT molecular complexity index is 125. The molecule has 5 nitrogen and oxygen atoms in total. The van der Waals surface area contributed by atoms with E-state index in [-0.39, 0.29) is 6.04 Å². The van der Waals surface area contributed by atoms with Crippen molar-refractivity contribution in [2.24, 2.45) is 11.5 Å². The lowest BCUT2D eigenvalue weighted by Crippen LogP contribution is -2.26. The van der Waals surface area contributed by atoms with Crippen LogP contribution in [0.5, 0.6) is 0 Å². The number of nitrogens with two attached hydrogens (primary N) is 2. The van der Waals surface area contributed by atoms with Gasteiger partial charge in [-0.05, 0) is 25.8 Å². The number of hydrogen-bond acceptors (Lipinski definition) is 5. The summed E-state index contributed by atoms with van der Waals surface area (Å²) in [4.78, 5) is 0. The van der Waals surface area contributed by atoms with Crippen molar-refractivity contribution in [1.29, 1.82) is 0 Å². The molecule has 4 N–H and O–H groups in total. The topological polar surface area (TPSA) is 79.7 Å². The molecule has 86 valence electrons. The molecular weight excluding hydrogens is 200 g/mol. The summed E-state index contributed by atoms with van der Waals surface area (Å²) in [5.41, 5.74) is 11.2. The monoisotopic (exact) mass is 222 g/mol. The highest BCUT2D eigenvalue weighted by atomic mass is 28.3. The van der Waals surface area contributed by atoms with Crippen molar-refractivity contribution in [3.05, 3.63) is 0 Å². The molecule has 0 aromatic rings. The highest BCUT2D eigenvalue weighted by Gasteiger charge is 2.10. The van der Waals surface area contributed by atoms with Crippen molar-refractivity contribution in [2.75, 3.05) is 27.4 Å². The lowest BCUT2D eigenvalue weighted by atomic mass is 10.1. The van der Waals surface area contributed by atoms with E-state index < -0.39 is 9.53 Å². The second-order valence-electron chi connectivity index (χ2n) is 3.11. The van der Waals surface area contributed by atoms with E-state index in [0.717, 1.165) is 19.3 Å². The van der Waals surface area contributed by atoms with Crippen LogP contribution in [0.2, 0.25) is 0 Å². The van der Waals surface area contributed by atoms with Gasteiger partial charge in [0.1, 0.15) is 0 Å². The molecule has 0 bridgehead atoms. The summed E-state index contributed by atoms with van der Waals surface area (Å²) in [6.45, 7) is 1.30. The van der Waals surface area contributed by atoms with E-state index in [9.17, 15) is 0 Å². The average molecular weight is 222 g/mol. The van der Waals surface area contributed by atoms with Crippen LogP contribution >= 0.6 is 0 Å². The fraction of sp³-hybridized carbons (Fsp3) is 1.00. The maximum absolute atomic E-state index is 5.78. The van der Waals surface area contributed by atoms with Gasteiger partial charge in [0.05, 0.1) is 0 Å². The van der Waals surface area contributed by atoms with Crippen LogP contribution < -0.4 is 11.5 Å². The third-order valence-electron chi connectivity index (χ3n) is 1.90. The third-order valence-corrected chi connectivity index (χ3v) is 3.17.